The van der Waals surface area contributed by atoms with Crippen LogP contribution in [0, 0.1) is 0 Å². The molecule has 0 aromatic heterocycles. The van der Waals surface area contributed by atoms with Crippen LogP contribution in [0.4, 0.5) is 13.2 Å². The van der Waals surface area contributed by atoms with E-state index in [1.165, 1.54) is 6.92 Å². The van der Waals surface area contributed by atoms with E-state index in [4.69, 9.17) is 0 Å². The number of fused-ring (bicyclic) bond motifs is 1. The molecule has 0 heterocycles. The predicted octanol–water partition coefficient (Wildman–Crippen LogP) is 3.77. The minimum atomic E-state index is -5.61. The summed E-state index contributed by atoms with van der Waals surface area (Å²) >= 11 is 0. The highest BCUT2D eigenvalue weighted by Gasteiger charge is 2.48. The maximum absolute atomic E-state index is 12.3. The van der Waals surface area contributed by atoms with Crippen LogP contribution >= 0.6 is 0 Å². The highest BCUT2D eigenvalue weighted by atomic mass is 32.2. The fraction of sp³-hybridized carbons (Fsp3) is 0.231. The normalized spacial score (nSPS) is 14.4. The van der Waals surface area contributed by atoms with Crippen molar-refractivity contribution in [3.63, 3.8) is 0 Å². The second-order valence-electron chi connectivity index (χ2n) is 4.21. The van der Waals surface area contributed by atoms with E-state index in [0.29, 0.717) is 10.9 Å². The molecule has 7 heteroatoms. The summed E-state index contributed by atoms with van der Waals surface area (Å²) in [5, 5.41) is 1.45. The van der Waals surface area contributed by atoms with Crippen molar-refractivity contribution in [3.05, 3.63) is 48.0 Å². The third-order valence-corrected chi connectivity index (χ3v) is 3.92. The molecule has 1 unspecified atom stereocenters. The first-order valence-corrected chi connectivity index (χ1v) is 7.10. The van der Waals surface area contributed by atoms with Crippen molar-refractivity contribution < 1.29 is 25.8 Å². The Labute approximate surface area is 114 Å². The van der Waals surface area contributed by atoms with Crippen molar-refractivity contribution in [2.75, 3.05) is 0 Å². The van der Waals surface area contributed by atoms with Crippen molar-refractivity contribution in [1.82, 2.24) is 0 Å². The van der Waals surface area contributed by atoms with Crippen LogP contribution in [-0.2, 0) is 14.3 Å². The average molecular weight is 304 g/mol. The number of rotatable bonds is 3. The molecule has 2 aromatic rings. The first-order chi connectivity index (χ1) is 9.22. The van der Waals surface area contributed by atoms with Gasteiger partial charge in [0.2, 0.25) is 0 Å². The van der Waals surface area contributed by atoms with Crippen molar-refractivity contribution in [1.29, 1.82) is 0 Å². The van der Waals surface area contributed by atoms with Crippen LogP contribution in [0.2, 0.25) is 0 Å². The Bertz CT molecular complexity index is 718. The van der Waals surface area contributed by atoms with Gasteiger partial charge in [0.25, 0.3) is 0 Å². The van der Waals surface area contributed by atoms with E-state index in [9.17, 15) is 21.6 Å². The topological polar surface area (TPSA) is 43.4 Å². The maximum Gasteiger partial charge on any atom is 0.523 e. The maximum atomic E-state index is 12.3. The molecule has 0 fully saturated rings. The molecule has 20 heavy (non-hydrogen) atoms. The summed E-state index contributed by atoms with van der Waals surface area (Å²) in [4.78, 5) is 0. The molecule has 1 atom stereocenters. The summed E-state index contributed by atoms with van der Waals surface area (Å²) in [5.41, 5.74) is -5.04. The molecule has 0 radical (unpaired) electrons. The molecule has 2 rings (SSSR count). The zero-order valence-corrected chi connectivity index (χ0v) is 11.2. The van der Waals surface area contributed by atoms with Gasteiger partial charge < -0.3 is 0 Å². The lowest BCUT2D eigenvalue weighted by Gasteiger charge is -2.16. The minimum Gasteiger partial charge on any atom is -0.255 e. The van der Waals surface area contributed by atoms with E-state index in [1.807, 2.05) is 0 Å². The van der Waals surface area contributed by atoms with Gasteiger partial charge in [-0.15, -0.1) is 0 Å². The van der Waals surface area contributed by atoms with E-state index in [-0.39, 0.29) is 0 Å². The first-order valence-electron chi connectivity index (χ1n) is 5.69. The van der Waals surface area contributed by atoms with E-state index in [1.54, 1.807) is 42.5 Å². The van der Waals surface area contributed by atoms with Gasteiger partial charge in [0.05, 0.1) is 0 Å². The Balaban J connectivity index is 2.40. The van der Waals surface area contributed by atoms with Crippen LogP contribution < -0.4 is 0 Å². The molecular formula is C13H11F3O3S. The van der Waals surface area contributed by atoms with Gasteiger partial charge in [-0.05, 0) is 23.3 Å². The lowest BCUT2D eigenvalue weighted by Crippen LogP contribution is -2.26. The monoisotopic (exact) mass is 304 g/mol. The summed E-state index contributed by atoms with van der Waals surface area (Å²) < 4.78 is 63.2. The molecule has 0 aliphatic heterocycles. The lowest BCUT2D eigenvalue weighted by molar-refractivity contribution is -0.0568. The third kappa shape index (κ3) is 2.78. The Morgan fingerprint density at radius 3 is 2.30 bits per heavy atom. The molecule has 0 saturated carbocycles. The molecule has 0 spiro atoms. The predicted molar refractivity (Wildman–Crippen MR) is 68.4 cm³/mol. The van der Waals surface area contributed by atoms with Gasteiger partial charge in [0.15, 0.2) is 0 Å². The molecule has 0 bridgehead atoms. The number of hydrogen-bond acceptors (Lipinski definition) is 3. The van der Waals surface area contributed by atoms with Gasteiger partial charge in [0.1, 0.15) is 6.10 Å². The number of hydrogen-bond donors (Lipinski definition) is 0. The van der Waals surface area contributed by atoms with Crippen LogP contribution in [0.3, 0.4) is 0 Å². The fourth-order valence-corrected chi connectivity index (χ4v) is 2.49. The molecule has 0 saturated heterocycles. The van der Waals surface area contributed by atoms with Gasteiger partial charge >= 0.3 is 15.6 Å². The lowest BCUT2D eigenvalue weighted by atomic mass is 10.0. The van der Waals surface area contributed by atoms with E-state index in [0.717, 1.165) is 5.39 Å². The van der Waals surface area contributed by atoms with Crippen molar-refractivity contribution >= 4 is 20.9 Å². The smallest absolute Gasteiger partial charge is 0.255 e. The molecule has 0 aliphatic carbocycles. The number of alkyl halides is 3. The molecular weight excluding hydrogens is 293 g/mol. The van der Waals surface area contributed by atoms with E-state index >= 15 is 0 Å². The highest BCUT2D eigenvalue weighted by Crippen LogP contribution is 2.32. The van der Waals surface area contributed by atoms with Crippen LogP contribution in [0.5, 0.6) is 0 Å². The molecule has 0 aliphatic rings. The van der Waals surface area contributed by atoms with Gasteiger partial charge in [-0.25, -0.2) is 0 Å². The van der Waals surface area contributed by atoms with Crippen LogP contribution in [0.15, 0.2) is 42.5 Å². The quantitative estimate of drug-likeness (QED) is 0.640. The largest absolute Gasteiger partial charge is 0.523 e. The summed E-state index contributed by atoms with van der Waals surface area (Å²) in [6, 6.07) is 11.9. The van der Waals surface area contributed by atoms with E-state index in [2.05, 4.69) is 4.18 Å². The van der Waals surface area contributed by atoms with Crippen molar-refractivity contribution in [2.45, 2.75) is 18.5 Å². The molecule has 2 aromatic carbocycles. The third-order valence-electron chi connectivity index (χ3n) is 2.82. The summed E-state index contributed by atoms with van der Waals surface area (Å²) in [5.74, 6) is 0. The van der Waals surface area contributed by atoms with Crippen LogP contribution in [0.1, 0.15) is 18.6 Å². The Kier molecular flexibility index (Phi) is 3.75. The molecule has 3 nitrogen and oxygen atoms in total. The number of benzene rings is 2. The fourth-order valence-electron chi connectivity index (χ4n) is 1.90. The highest BCUT2D eigenvalue weighted by molar-refractivity contribution is 7.87. The summed E-state index contributed by atoms with van der Waals surface area (Å²) in [7, 11) is -5.61. The summed E-state index contributed by atoms with van der Waals surface area (Å²) in [6.45, 7) is 1.27. The zero-order chi connectivity index (χ0) is 15.0. The first kappa shape index (κ1) is 14.8. The van der Waals surface area contributed by atoms with Gasteiger partial charge in [-0.1, -0.05) is 42.5 Å². The van der Waals surface area contributed by atoms with Crippen LogP contribution in [0.25, 0.3) is 10.8 Å². The minimum absolute atomic E-state index is 0.385. The Morgan fingerprint density at radius 2 is 1.65 bits per heavy atom. The Hall–Kier alpha value is -1.60. The molecule has 108 valence electrons. The van der Waals surface area contributed by atoms with E-state index < -0.39 is 21.7 Å². The summed E-state index contributed by atoms with van der Waals surface area (Å²) in [6.07, 6.45) is -1.23. The standard InChI is InChI=1S/C13H11F3O3S/c1-9(19-20(17,18)13(14,15)16)11-8-4-6-10-5-2-3-7-12(10)11/h2-9H,1H3. The van der Waals surface area contributed by atoms with Gasteiger partial charge in [0, 0.05) is 0 Å². The van der Waals surface area contributed by atoms with Gasteiger partial charge in [-0.3, -0.25) is 4.18 Å². The molecule has 0 N–H and O–H groups in total. The average Bonchev–Trinajstić information content (AvgIpc) is 2.36. The molecule has 0 amide bonds. The second kappa shape index (κ2) is 5.06. The second-order valence-corrected chi connectivity index (χ2v) is 5.77. The van der Waals surface area contributed by atoms with Gasteiger partial charge in [-0.2, -0.15) is 21.6 Å². The van der Waals surface area contributed by atoms with Crippen molar-refractivity contribution in [3.8, 4) is 0 Å². The SMILES string of the molecule is CC(OS(=O)(=O)C(F)(F)F)c1cccc2ccccc12. The van der Waals surface area contributed by atoms with Crippen molar-refractivity contribution in [2.24, 2.45) is 0 Å². The zero-order valence-electron chi connectivity index (χ0n) is 10.4. The van der Waals surface area contributed by atoms with Crippen LogP contribution in [-0.4, -0.2) is 13.9 Å². The Morgan fingerprint density at radius 1 is 1.05 bits per heavy atom. The number of halogens is 3.